The van der Waals surface area contributed by atoms with Gasteiger partial charge in [0.15, 0.2) is 0 Å². The lowest BCUT2D eigenvalue weighted by Gasteiger charge is -2.19. The first-order valence-corrected chi connectivity index (χ1v) is 11.5. The molecular weight excluding hydrogens is 658 g/mol. The van der Waals surface area contributed by atoms with E-state index < -0.39 is 102 Å². The second kappa shape index (κ2) is 11.7. The zero-order valence-corrected chi connectivity index (χ0v) is 21.5. The van der Waals surface area contributed by atoms with Crippen molar-refractivity contribution < 1.29 is 61.5 Å². The van der Waals surface area contributed by atoms with E-state index in [-0.39, 0.29) is 36.4 Å². The van der Waals surface area contributed by atoms with Gasteiger partial charge in [-0.2, -0.15) is 73.7 Å². The van der Waals surface area contributed by atoms with Crippen LogP contribution >= 0.6 is 0 Å². The molecule has 0 aromatic heterocycles. The van der Waals surface area contributed by atoms with Gasteiger partial charge in [0.25, 0.3) is 0 Å². The van der Waals surface area contributed by atoms with Gasteiger partial charge < -0.3 is 0 Å². The Hall–Kier alpha value is -5.62. The molecule has 0 unspecified atom stereocenters. The average Bonchev–Trinajstić information content (AvgIpc) is 2.94. The van der Waals surface area contributed by atoms with Crippen LogP contribution in [0.2, 0.25) is 0 Å². The Morgan fingerprint density at radius 2 is 0.696 bits per heavy atom. The molecule has 0 saturated heterocycles. The lowest BCUT2D eigenvalue weighted by molar-refractivity contribution is -0.162. The molecule has 236 valence electrons. The van der Waals surface area contributed by atoms with E-state index in [1.807, 2.05) is 0 Å². The number of nitrogens with zero attached hydrogens (tertiary/aromatic N) is 4. The third-order valence-electron chi connectivity index (χ3n) is 6.16. The number of hydrogen-bond donors (Lipinski definition) is 0. The van der Waals surface area contributed by atoms with Gasteiger partial charge in [-0.1, -0.05) is 12.1 Å². The summed E-state index contributed by atoms with van der Waals surface area (Å²) in [5.41, 5.74) is -18.5. The van der Waals surface area contributed by atoms with Gasteiger partial charge in [-0.25, -0.2) is 8.78 Å². The Morgan fingerprint density at radius 1 is 0.435 bits per heavy atom. The number of rotatable bonds is 2. The molecule has 0 aliphatic heterocycles. The zero-order valence-electron chi connectivity index (χ0n) is 21.5. The van der Waals surface area contributed by atoms with Crippen molar-refractivity contribution in [1.29, 1.82) is 21.0 Å². The Bertz CT molecular complexity index is 1870. The second-order valence-corrected chi connectivity index (χ2v) is 8.84. The standard InChI is InChI=1S/C28H6F14N4/c29-23-19(11-1-3-15(25(31,32)33)17(5-11)27(37,38)39)21(13(7-43)8-44)24(30)20(22(23)14(9-45)10-46)12-2-4-16(26(34,35)36)18(6-12)28(40,41)42/h1-6H. The minimum Gasteiger partial charge on any atom is -0.206 e. The van der Waals surface area contributed by atoms with Crippen molar-refractivity contribution in [3.63, 3.8) is 0 Å². The molecule has 0 spiro atoms. The quantitative estimate of drug-likeness (QED) is 0.262. The summed E-state index contributed by atoms with van der Waals surface area (Å²) in [6.07, 6.45) is -23.0. The normalized spacial score (nSPS) is 12.0. The summed E-state index contributed by atoms with van der Waals surface area (Å²) in [7, 11) is 0. The van der Waals surface area contributed by atoms with E-state index in [2.05, 4.69) is 0 Å². The van der Waals surface area contributed by atoms with Gasteiger partial charge in [0.2, 0.25) is 0 Å². The fourth-order valence-corrected chi connectivity index (χ4v) is 4.34. The van der Waals surface area contributed by atoms with Crippen LogP contribution in [0.25, 0.3) is 33.4 Å². The SMILES string of the molecule is N#CC(C#N)=c1c(F)c(-c2ccc(C(F)(F)F)c(C(F)(F)F)c2)c(=C(C#N)C#N)c(F)c1-c1ccc(C(F)(F)F)c(C(F)(F)F)c1. The van der Waals surface area contributed by atoms with Crippen molar-refractivity contribution in [2.24, 2.45) is 0 Å². The molecule has 0 fully saturated rings. The van der Waals surface area contributed by atoms with E-state index in [1.54, 1.807) is 0 Å². The van der Waals surface area contributed by atoms with Crippen LogP contribution in [0.1, 0.15) is 22.3 Å². The van der Waals surface area contributed by atoms with Gasteiger partial charge in [-0.15, -0.1) is 0 Å². The highest BCUT2D eigenvalue weighted by Crippen LogP contribution is 2.44. The lowest BCUT2D eigenvalue weighted by atomic mass is 9.88. The number of nitriles is 4. The van der Waals surface area contributed by atoms with Gasteiger partial charge in [0, 0.05) is 11.1 Å². The minimum atomic E-state index is -5.82. The molecule has 0 radical (unpaired) electrons. The van der Waals surface area contributed by atoms with E-state index >= 15 is 8.78 Å². The summed E-state index contributed by atoms with van der Waals surface area (Å²) in [6.45, 7) is 0. The van der Waals surface area contributed by atoms with Gasteiger partial charge >= 0.3 is 24.7 Å². The molecule has 0 bridgehead atoms. The largest absolute Gasteiger partial charge is 0.417 e. The van der Waals surface area contributed by atoms with E-state index in [0.717, 1.165) is 24.3 Å². The van der Waals surface area contributed by atoms with Crippen molar-refractivity contribution in [1.82, 2.24) is 0 Å². The molecule has 3 aromatic rings. The van der Waals surface area contributed by atoms with E-state index in [9.17, 15) is 73.7 Å². The Balaban J connectivity index is 2.79. The van der Waals surface area contributed by atoms with Gasteiger partial charge in [0.05, 0.1) is 32.7 Å². The molecule has 4 nitrogen and oxygen atoms in total. The Labute approximate surface area is 246 Å². The van der Waals surface area contributed by atoms with Crippen molar-refractivity contribution in [3.05, 3.63) is 80.7 Å². The van der Waals surface area contributed by atoms with Crippen LogP contribution in [-0.2, 0) is 24.7 Å². The summed E-state index contributed by atoms with van der Waals surface area (Å²) in [5, 5.41) is 34.3. The Kier molecular flexibility index (Phi) is 8.88. The first kappa shape index (κ1) is 34.9. The molecule has 0 aliphatic carbocycles. The summed E-state index contributed by atoms with van der Waals surface area (Å²) < 4.78 is 195. The van der Waals surface area contributed by atoms with Crippen LogP contribution in [0.4, 0.5) is 61.5 Å². The van der Waals surface area contributed by atoms with Crippen LogP contribution in [0.15, 0.2) is 36.4 Å². The summed E-state index contributed by atoms with van der Waals surface area (Å²) in [6, 6.07) is 3.23. The summed E-state index contributed by atoms with van der Waals surface area (Å²) in [4.78, 5) is 0. The molecule has 0 N–H and O–H groups in total. The first-order chi connectivity index (χ1) is 21.0. The minimum absolute atomic E-state index is 0.146. The molecule has 46 heavy (non-hydrogen) atoms. The van der Waals surface area contributed by atoms with Crippen LogP contribution in [0, 0.1) is 57.0 Å². The van der Waals surface area contributed by atoms with Crippen molar-refractivity contribution in [2.45, 2.75) is 24.7 Å². The number of halogens is 14. The molecule has 0 aliphatic rings. The van der Waals surface area contributed by atoms with Crippen molar-refractivity contribution >= 4 is 11.1 Å². The van der Waals surface area contributed by atoms with Crippen LogP contribution < -0.4 is 10.4 Å². The Morgan fingerprint density at radius 3 is 0.913 bits per heavy atom. The maximum Gasteiger partial charge on any atom is 0.417 e. The highest BCUT2D eigenvalue weighted by molar-refractivity contribution is 5.86. The predicted molar refractivity (Wildman–Crippen MR) is 126 cm³/mol. The topological polar surface area (TPSA) is 95.2 Å². The van der Waals surface area contributed by atoms with E-state index in [4.69, 9.17) is 0 Å². The molecule has 0 atom stereocenters. The monoisotopic (exact) mass is 664 g/mol. The van der Waals surface area contributed by atoms with E-state index in [0.29, 0.717) is 0 Å². The summed E-state index contributed by atoms with van der Waals surface area (Å²) >= 11 is 0. The number of alkyl halides is 12. The second-order valence-electron chi connectivity index (χ2n) is 8.84. The molecule has 3 aromatic carbocycles. The lowest BCUT2D eigenvalue weighted by Crippen LogP contribution is -2.29. The number of hydrogen-bond acceptors (Lipinski definition) is 4. The molecule has 0 saturated carbocycles. The molecule has 0 amide bonds. The fourth-order valence-electron chi connectivity index (χ4n) is 4.34. The van der Waals surface area contributed by atoms with Crippen molar-refractivity contribution in [2.75, 3.05) is 0 Å². The van der Waals surface area contributed by atoms with Crippen molar-refractivity contribution in [3.8, 4) is 46.5 Å². The van der Waals surface area contributed by atoms with Gasteiger partial charge in [0.1, 0.15) is 47.1 Å². The van der Waals surface area contributed by atoms with Crippen LogP contribution in [-0.4, -0.2) is 0 Å². The third kappa shape index (κ3) is 6.28. The maximum absolute atomic E-state index is 16.3. The number of benzene rings is 3. The highest BCUT2D eigenvalue weighted by Gasteiger charge is 2.45. The average molecular weight is 664 g/mol. The third-order valence-corrected chi connectivity index (χ3v) is 6.16. The van der Waals surface area contributed by atoms with Crippen LogP contribution in [0.5, 0.6) is 0 Å². The molecule has 0 heterocycles. The zero-order chi connectivity index (χ0) is 35.2. The molecular formula is C28H6F14N4. The van der Waals surface area contributed by atoms with Gasteiger partial charge in [-0.05, 0) is 35.4 Å². The first-order valence-electron chi connectivity index (χ1n) is 11.5. The van der Waals surface area contributed by atoms with Gasteiger partial charge in [-0.3, -0.25) is 0 Å². The fraction of sp³-hybridized carbons (Fsp3) is 0.143. The summed E-state index contributed by atoms with van der Waals surface area (Å²) in [5.74, 6) is -4.40. The van der Waals surface area contributed by atoms with Crippen LogP contribution in [0.3, 0.4) is 0 Å². The molecule has 18 heteroatoms. The molecule has 3 rings (SSSR count). The maximum atomic E-state index is 16.3. The smallest absolute Gasteiger partial charge is 0.206 e. The highest BCUT2D eigenvalue weighted by atomic mass is 19.4. The predicted octanol–water partition coefficient (Wildman–Crippen LogP) is 7.77. The van der Waals surface area contributed by atoms with E-state index in [1.165, 1.54) is 0 Å².